The van der Waals surface area contributed by atoms with Crippen molar-refractivity contribution in [3.63, 3.8) is 0 Å². The molecule has 0 heterocycles. The molecule has 0 spiro atoms. The maximum atomic E-state index is 12.4. The summed E-state index contributed by atoms with van der Waals surface area (Å²) in [5.74, 6) is -1.03. The summed E-state index contributed by atoms with van der Waals surface area (Å²) in [6.07, 6.45) is 40.1. The monoisotopic (exact) mass is 803 g/mol. The summed E-state index contributed by atoms with van der Waals surface area (Å²) >= 11 is 0. The molecule has 0 bridgehead atoms. The van der Waals surface area contributed by atoms with E-state index in [0.29, 0.717) is 12.8 Å². The molecule has 0 aliphatic carbocycles. The molecular formula is C44H83O10P. The van der Waals surface area contributed by atoms with Crippen LogP contribution in [-0.4, -0.2) is 65.7 Å². The van der Waals surface area contributed by atoms with Gasteiger partial charge in [0.2, 0.25) is 0 Å². The van der Waals surface area contributed by atoms with Crippen molar-refractivity contribution in [2.24, 2.45) is 0 Å². The number of unbranched alkanes of at least 4 members (excludes halogenated alkanes) is 24. The molecule has 3 N–H and O–H groups in total. The second-order valence-corrected chi connectivity index (χ2v) is 16.5. The van der Waals surface area contributed by atoms with E-state index in [1.807, 2.05) is 0 Å². The van der Waals surface area contributed by atoms with Gasteiger partial charge in [0.1, 0.15) is 12.2 Å². The summed E-state index contributed by atoms with van der Waals surface area (Å²) < 4.78 is 32.6. The Labute approximate surface area is 336 Å². The normalized spacial score (nSPS) is 14.1. The first kappa shape index (κ1) is 53.5. The van der Waals surface area contributed by atoms with Crippen molar-refractivity contribution in [1.82, 2.24) is 0 Å². The largest absolute Gasteiger partial charge is 0.472 e. The number of aliphatic hydroxyl groups is 2. The molecule has 11 heteroatoms. The number of rotatable bonds is 42. The summed E-state index contributed by atoms with van der Waals surface area (Å²) in [6, 6.07) is 0. The SMILES string of the molecule is CCCCCC/C=C\CCCCCCCC(=O)OC(CO)COP(=O)(O)OCC(CO)OC(=O)CCCCCCCCCCC/C=C\CCCCCCCC. The molecule has 10 nitrogen and oxygen atoms in total. The van der Waals surface area contributed by atoms with E-state index in [9.17, 15) is 29.3 Å². The highest BCUT2D eigenvalue weighted by molar-refractivity contribution is 7.47. The summed E-state index contributed by atoms with van der Waals surface area (Å²) in [5.41, 5.74) is 0. The summed E-state index contributed by atoms with van der Waals surface area (Å²) in [6.45, 7) is 2.19. The topological polar surface area (TPSA) is 149 Å². The summed E-state index contributed by atoms with van der Waals surface area (Å²) in [4.78, 5) is 34.5. The lowest BCUT2D eigenvalue weighted by Gasteiger charge is -2.20. The van der Waals surface area contributed by atoms with Gasteiger partial charge >= 0.3 is 19.8 Å². The number of esters is 2. The first-order chi connectivity index (χ1) is 26.8. The van der Waals surface area contributed by atoms with Gasteiger partial charge in [0.15, 0.2) is 0 Å². The quantitative estimate of drug-likeness (QED) is 0.0236. The lowest BCUT2D eigenvalue weighted by molar-refractivity contribution is -0.153. The number of carbonyl (C=O) groups is 2. The molecule has 324 valence electrons. The maximum Gasteiger partial charge on any atom is 0.472 e. The second-order valence-electron chi connectivity index (χ2n) is 15.0. The van der Waals surface area contributed by atoms with Crippen molar-refractivity contribution in [3.8, 4) is 0 Å². The zero-order valence-electron chi connectivity index (χ0n) is 35.2. The predicted octanol–water partition coefficient (Wildman–Crippen LogP) is 11.8. The molecule has 0 aromatic carbocycles. The van der Waals surface area contributed by atoms with Crippen molar-refractivity contribution in [2.45, 2.75) is 219 Å². The van der Waals surface area contributed by atoms with Crippen molar-refractivity contribution >= 4 is 19.8 Å². The number of allylic oxidation sites excluding steroid dienone is 4. The Morgan fingerprint density at radius 3 is 1.05 bits per heavy atom. The van der Waals surface area contributed by atoms with Gasteiger partial charge in [-0.05, 0) is 64.2 Å². The molecule has 0 aromatic heterocycles. The van der Waals surface area contributed by atoms with Crippen LogP contribution in [0.4, 0.5) is 0 Å². The van der Waals surface area contributed by atoms with Crippen LogP contribution in [0.2, 0.25) is 0 Å². The first-order valence-corrected chi connectivity index (χ1v) is 23.8. The lowest BCUT2D eigenvalue weighted by atomic mass is 10.1. The highest BCUT2D eigenvalue weighted by atomic mass is 31.2. The molecule has 0 rings (SSSR count). The van der Waals surface area contributed by atoms with Crippen LogP contribution in [-0.2, 0) is 32.7 Å². The van der Waals surface area contributed by atoms with Gasteiger partial charge in [-0.3, -0.25) is 18.6 Å². The van der Waals surface area contributed by atoms with Crippen molar-refractivity contribution in [1.29, 1.82) is 0 Å². The predicted molar refractivity (Wildman–Crippen MR) is 224 cm³/mol. The molecular weight excluding hydrogens is 719 g/mol. The van der Waals surface area contributed by atoms with Crippen LogP contribution >= 0.6 is 7.82 Å². The Bertz CT molecular complexity index is 972. The third kappa shape index (κ3) is 39.1. The summed E-state index contributed by atoms with van der Waals surface area (Å²) in [7, 11) is -4.63. The smallest absolute Gasteiger partial charge is 0.457 e. The van der Waals surface area contributed by atoms with E-state index in [0.717, 1.165) is 57.8 Å². The minimum atomic E-state index is -4.63. The van der Waals surface area contributed by atoms with Gasteiger partial charge in [-0.1, -0.05) is 154 Å². The molecule has 0 amide bonds. The van der Waals surface area contributed by atoms with E-state index >= 15 is 0 Å². The molecule has 0 radical (unpaired) electrons. The minimum absolute atomic E-state index is 0.183. The zero-order chi connectivity index (χ0) is 40.5. The van der Waals surface area contributed by atoms with Gasteiger partial charge < -0.3 is 24.6 Å². The van der Waals surface area contributed by atoms with Crippen LogP contribution in [0.15, 0.2) is 24.3 Å². The Morgan fingerprint density at radius 2 is 0.745 bits per heavy atom. The Morgan fingerprint density at radius 1 is 0.473 bits per heavy atom. The van der Waals surface area contributed by atoms with Gasteiger partial charge in [-0.15, -0.1) is 0 Å². The van der Waals surface area contributed by atoms with Crippen molar-refractivity contribution < 1.29 is 47.8 Å². The summed E-state index contributed by atoms with van der Waals surface area (Å²) in [5, 5.41) is 19.2. The van der Waals surface area contributed by atoms with Crippen molar-refractivity contribution in [2.75, 3.05) is 26.4 Å². The first-order valence-electron chi connectivity index (χ1n) is 22.3. The third-order valence-corrected chi connectivity index (χ3v) is 10.6. The average Bonchev–Trinajstić information content (AvgIpc) is 3.17. The number of aliphatic hydroxyl groups excluding tert-OH is 2. The van der Waals surface area contributed by atoms with E-state index in [1.165, 1.54) is 109 Å². The number of phosphoric acid groups is 1. The molecule has 0 aromatic rings. The van der Waals surface area contributed by atoms with E-state index in [4.69, 9.17) is 18.5 Å². The molecule has 0 saturated carbocycles. The molecule has 0 saturated heterocycles. The van der Waals surface area contributed by atoms with E-state index in [2.05, 4.69) is 38.2 Å². The fourth-order valence-corrected chi connectivity index (χ4v) is 6.95. The fourth-order valence-electron chi connectivity index (χ4n) is 6.16. The molecule has 3 atom stereocenters. The third-order valence-electron chi connectivity index (χ3n) is 9.64. The molecule has 0 fully saturated rings. The highest BCUT2D eigenvalue weighted by Crippen LogP contribution is 2.43. The molecule has 3 unspecified atom stereocenters. The second kappa shape index (κ2) is 40.6. The van der Waals surface area contributed by atoms with Crippen LogP contribution in [0.5, 0.6) is 0 Å². The highest BCUT2D eigenvalue weighted by Gasteiger charge is 2.27. The number of hydrogen-bond donors (Lipinski definition) is 3. The van der Waals surface area contributed by atoms with Crippen molar-refractivity contribution in [3.05, 3.63) is 24.3 Å². The van der Waals surface area contributed by atoms with Gasteiger partial charge in [-0.2, -0.15) is 0 Å². The maximum absolute atomic E-state index is 12.4. The van der Waals surface area contributed by atoms with Crippen LogP contribution in [0.25, 0.3) is 0 Å². The Balaban J connectivity index is 3.89. The van der Waals surface area contributed by atoms with Crippen LogP contribution in [0.3, 0.4) is 0 Å². The van der Waals surface area contributed by atoms with Crippen LogP contribution < -0.4 is 0 Å². The van der Waals surface area contributed by atoms with E-state index in [-0.39, 0.29) is 12.8 Å². The number of hydrogen-bond acceptors (Lipinski definition) is 9. The lowest BCUT2D eigenvalue weighted by Crippen LogP contribution is -2.28. The van der Waals surface area contributed by atoms with Gasteiger partial charge in [0.25, 0.3) is 0 Å². The molecule has 0 aliphatic heterocycles. The average molecular weight is 803 g/mol. The molecule has 55 heavy (non-hydrogen) atoms. The zero-order valence-corrected chi connectivity index (χ0v) is 36.0. The van der Waals surface area contributed by atoms with Gasteiger partial charge in [0.05, 0.1) is 26.4 Å². The van der Waals surface area contributed by atoms with Gasteiger partial charge in [0, 0.05) is 12.8 Å². The van der Waals surface area contributed by atoms with Crippen LogP contribution in [0.1, 0.15) is 206 Å². The Hall–Kier alpha value is -1.55. The number of ether oxygens (including phenoxy) is 2. The van der Waals surface area contributed by atoms with Gasteiger partial charge in [-0.25, -0.2) is 4.57 Å². The number of phosphoric ester groups is 1. The Kier molecular flexibility index (Phi) is 39.5. The van der Waals surface area contributed by atoms with E-state index in [1.54, 1.807) is 0 Å². The molecule has 0 aliphatic rings. The standard InChI is InChI=1S/C44H83O10P/c1-3-5-7-9-11-13-15-17-18-19-20-21-22-24-26-28-30-32-34-36-44(48)54-42(38-46)40-52-55(49,50)51-39-41(37-45)53-43(47)35-33-31-29-27-25-23-16-14-12-10-8-6-4-2/h14,16-18,41-42,45-46H,3-13,15,19-40H2,1-2H3,(H,49,50)/b16-14-,18-17-. The fraction of sp³-hybridized carbons (Fsp3) is 0.864. The van der Waals surface area contributed by atoms with Crippen LogP contribution in [0, 0.1) is 0 Å². The van der Waals surface area contributed by atoms with E-state index < -0.39 is 58.4 Å². The number of carbonyl (C=O) groups excluding carboxylic acids is 2. The minimum Gasteiger partial charge on any atom is -0.457 e.